The second kappa shape index (κ2) is 6.58. The van der Waals surface area contributed by atoms with Gasteiger partial charge in [-0.25, -0.2) is 0 Å². The van der Waals surface area contributed by atoms with Crippen LogP contribution in [0.15, 0.2) is 23.1 Å². The van der Waals surface area contributed by atoms with Crippen molar-refractivity contribution in [3.8, 4) is 0 Å². The van der Waals surface area contributed by atoms with Gasteiger partial charge in [0.05, 0.1) is 6.42 Å². The van der Waals surface area contributed by atoms with E-state index in [9.17, 15) is 14.4 Å². The van der Waals surface area contributed by atoms with Gasteiger partial charge >= 0.3 is 5.97 Å². The predicted octanol–water partition coefficient (Wildman–Crippen LogP) is -0.548. The van der Waals surface area contributed by atoms with Crippen LogP contribution >= 0.6 is 0 Å². The average molecular weight is 267 g/mol. The molecule has 0 saturated heterocycles. The first-order chi connectivity index (χ1) is 8.90. The molecule has 1 aromatic rings. The second-order valence-corrected chi connectivity index (χ2v) is 4.19. The number of rotatable bonds is 5. The van der Waals surface area contributed by atoms with Gasteiger partial charge in [-0.3, -0.25) is 14.4 Å². The van der Waals surface area contributed by atoms with Gasteiger partial charge in [-0.05, 0) is 6.07 Å². The van der Waals surface area contributed by atoms with Crippen LogP contribution in [0.2, 0.25) is 0 Å². The molecule has 1 amide bonds. The highest BCUT2D eigenvalue weighted by Gasteiger charge is 2.08. The van der Waals surface area contributed by atoms with E-state index in [1.165, 1.54) is 23.2 Å². The van der Waals surface area contributed by atoms with Crippen molar-refractivity contribution >= 4 is 17.6 Å². The maximum absolute atomic E-state index is 11.5. The molecule has 0 saturated carbocycles. The van der Waals surface area contributed by atoms with Crippen LogP contribution in [0, 0.1) is 0 Å². The summed E-state index contributed by atoms with van der Waals surface area (Å²) in [5.74, 6) is -0.715. The molecule has 1 heterocycles. The molecule has 0 fully saturated rings. The number of nitrogen functional groups attached to an aromatic ring is 1. The Bertz CT molecular complexity index is 522. The van der Waals surface area contributed by atoms with E-state index in [0.29, 0.717) is 5.69 Å². The molecule has 1 rings (SSSR count). The van der Waals surface area contributed by atoms with E-state index in [2.05, 4.69) is 0 Å². The summed E-state index contributed by atoms with van der Waals surface area (Å²) < 4.78 is 6.03. The molecule has 0 aliphatic carbocycles. The van der Waals surface area contributed by atoms with Gasteiger partial charge in [0.25, 0.3) is 5.56 Å². The predicted molar refractivity (Wildman–Crippen MR) is 69.4 cm³/mol. The standard InChI is InChI=1S/C12H17N3O4/c1-14(2)10(16)5-6-19-12(18)8-15-7-9(13)3-4-11(15)17/h3-4,7H,5-6,8,13H2,1-2H3. The SMILES string of the molecule is CN(C)C(=O)CCOC(=O)Cn1cc(N)ccc1=O. The highest BCUT2D eigenvalue weighted by atomic mass is 16.5. The van der Waals surface area contributed by atoms with Gasteiger partial charge in [0.1, 0.15) is 13.2 Å². The highest BCUT2D eigenvalue weighted by molar-refractivity contribution is 5.76. The molecule has 0 radical (unpaired) electrons. The van der Waals surface area contributed by atoms with E-state index in [4.69, 9.17) is 10.5 Å². The smallest absolute Gasteiger partial charge is 0.326 e. The topological polar surface area (TPSA) is 94.6 Å². The molecule has 0 aliphatic heterocycles. The lowest BCUT2D eigenvalue weighted by atomic mass is 10.4. The summed E-state index contributed by atoms with van der Waals surface area (Å²) in [6.07, 6.45) is 1.49. The minimum absolute atomic E-state index is 0.00703. The summed E-state index contributed by atoms with van der Waals surface area (Å²) in [4.78, 5) is 35.6. The molecule has 0 bridgehead atoms. The fraction of sp³-hybridized carbons (Fsp3) is 0.417. The number of nitrogens with zero attached hydrogens (tertiary/aromatic N) is 2. The zero-order valence-electron chi connectivity index (χ0n) is 11.0. The molecular weight excluding hydrogens is 250 g/mol. The molecule has 0 aliphatic rings. The summed E-state index contributed by atoms with van der Waals surface area (Å²) in [5, 5.41) is 0. The van der Waals surface area contributed by atoms with Crippen molar-refractivity contribution in [2.24, 2.45) is 0 Å². The van der Waals surface area contributed by atoms with E-state index in [-0.39, 0.29) is 31.0 Å². The molecule has 1 aromatic heterocycles. The van der Waals surface area contributed by atoms with Gasteiger partial charge in [0, 0.05) is 32.0 Å². The molecule has 0 unspecified atom stereocenters. The summed E-state index contributed by atoms with van der Waals surface area (Å²) in [6, 6.07) is 2.73. The number of carbonyl (C=O) groups excluding carboxylic acids is 2. The highest BCUT2D eigenvalue weighted by Crippen LogP contribution is 1.97. The monoisotopic (exact) mass is 267 g/mol. The normalized spacial score (nSPS) is 10.0. The zero-order valence-corrected chi connectivity index (χ0v) is 11.0. The summed E-state index contributed by atoms with van der Waals surface area (Å²) in [5.41, 5.74) is 5.56. The van der Waals surface area contributed by atoms with Crippen molar-refractivity contribution in [3.05, 3.63) is 28.7 Å². The number of amides is 1. The number of aromatic nitrogens is 1. The molecule has 7 nitrogen and oxygen atoms in total. The lowest BCUT2D eigenvalue weighted by Gasteiger charge is -2.10. The van der Waals surface area contributed by atoms with Crippen LogP contribution in [-0.4, -0.2) is 42.0 Å². The summed E-state index contributed by atoms with van der Waals surface area (Å²) >= 11 is 0. The Kier molecular flexibility index (Phi) is 5.11. The van der Waals surface area contributed by atoms with Crippen LogP contribution in [0.1, 0.15) is 6.42 Å². The van der Waals surface area contributed by atoms with Crippen molar-refractivity contribution < 1.29 is 14.3 Å². The van der Waals surface area contributed by atoms with Gasteiger partial charge in [0.2, 0.25) is 5.91 Å². The van der Waals surface area contributed by atoms with Gasteiger partial charge < -0.3 is 19.9 Å². The van der Waals surface area contributed by atoms with E-state index in [1.54, 1.807) is 14.1 Å². The molecule has 7 heteroatoms. The molecule has 19 heavy (non-hydrogen) atoms. The van der Waals surface area contributed by atoms with Gasteiger partial charge in [-0.2, -0.15) is 0 Å². The van der Waals surface area contributed by atoms with E-state index in [1.807, 2.05) is 0 Å². The number of pyridine rings is 1. The van der Waals surface area contributed by atoms with Crippen molar-refractivity contribution in [2.75, 3.05) is 26.4 Å². The Morgan fingerprint density at radius 3 is 2.68 bits per heavy atom. The van der Waals surface area contributed by atoms with E-state index >= 15 is 0 Å². The van der Waals surface area contributed by atoms with Gasteiger partial charge in [0.15, 0.2) is 0 Å². The first-order valence-electron chi connectivity index (χ1n) is 5.72. The zero-order chi connectivity index (χ0) is 14.4. The Morgan fingerprint density at radius 1 is 1.37 bits per heavy atom. The number of nitrogens with two attached hydrogens (primary N) is 1. The maximum atomic E-state index is 11.5. The fourth-order valence-electron chi connectivity index (χ4n) is 1.33. The summed E-state index contributed by atoms with van der Waals surface area (Å²) in [7, 11) is 3.24. The Morgan fingerprint density at radius 2 is 2.05 bits per heavy atom. The van der Waals surface area contributed by atoms with Crippen LogP contribution in [-0.2, 0) is 20.9 Å². The third-order valence-corrected chi connectivity index (χ3v) is 2.38. The van der Waals surface area contributed by atoms with Crippen LogP contribution in [0.4, 0.5) is 5.69 Å². The average Bonchev–Trinajstić information content (AvgIpc) is 2.33. The molecule has 0 spiro atoms. The molecule has 0 atom stereocenters. The van der Waals surface area contributed by atoms with Gasteiger partial charge in [-0.1, -0.05) is 0 Å². The Balaban J connectivity index is 2.45. The van der Waals surface area contributed by atoms with Crippen molar-refractivity contribution in [2.45, 2.75) is 13.0 Å². The van der Waals surface area contributed by atoms with Crippen LogP contribution in [0.3, 0.4) is 0 Å². The largest absolute Gasteiger partial charge is 0.464 e. The van der Waals surface area contributed by atoms with Crippen LogP contribution in [0.25, 0.3) is 0 Å². The number of ether oxygens (including phenoxy) is 1. The minimum Gasteiger partial charge on any atom is -0.464 e. The first kappa shape index (κ1) is 14.7. The van der Waals surface area contributed by atoms with Crippen molar-refractivity contribution in [3.63, 3.8) is 0 Å². The van der Waals surface area contributed by atoms with Crippen molar-refractivity contribution in [1.29, 1.82) is 0 Å². The first-order valence-corrected chi connectivity index (χ1v) is 5.72. The minimum atomic E-state index is -0.584. The molecule has 0 aromatic carbocycles. The second-order valence-electron chi connectivity index (χ2n) is 4.19. The number of hydrogen-bond acceptors (Lipinski definition) is 5. The van der Waals surface area contributed by atoms with Gasteiger partial charge in [-0.15, -0.1) is 0 Å². The number of esters is 1. The third kappa shape index (κ3) is 4.82. The van der Waals surface area contributed by atoms with Crippen LogP contribution in [0.5, 0.6) is 0 Å². The number of hydrogen-bond donors (Lipinski definition) is 1. The molecular formula is C12H17N3O4. The number of carbonyl (C=O) groups is 2. The summed E-state index contributed by atoms with van der Waals surface area (Å²) in [6.45, 7) is -0.229. The quantitative estimate of drug-likeness (QED) is 0.722. The Labute approximate surface area is 110 Å². The maximum Gasteiger partial charge on any atom is 0.326 e. The fourth-order valence-corrected chi connectivity index (χ4v) is 1.33. The lowest BCUT2D eigenvalue weighted by molar-refractivity contribution is -0.145. The third-order valence-electron chi connectivity index (χ3n) is 2.38. The number of anilines is 1. The molecule has 2 N–H and O–H groups in total. The molecule has 104 valence electrons. The Hall–Kier alpha value is -2.31. The van der Waals surface area contributed by atoms with E-state index in [0.717, 1.165) is 4.57 Å². The van der Waals surface area contributed by atoms with Crippen molar-refractivity contribution in [1.82, 2.24) is 9.47 Å². The van der Waals surface area contributed by atoms with Crippen LogP contribution < -0.4 is 11.3 Å². The lowest BCUT2D eigenvalue weighted by Crippen LogP contribution is -2.26. The van der Waals surface area contributed by atoms with E-state index < -0.39 is 5.97 Å².